The van der Waals surface area contributed by atoms with Crippen molar-refractivity contribution in [2.75, 3.05) is 19.8 Å². The van der Waals surface area contributed by atoms with Gasteiger partial charge in [-0.3, -0.25) is 24.2 Å². The van der Waals surface area contributed by atoms with Crippen LogP contribution in [0.5, 0.6) is 0 Å². The van der Waals surface area contributed by atoms with Crippen LogP contribution in [0.2, 0.25) is 0 Å². The van der Waals surface area contributed by atoms with Gasteiger partial charge in [-0.2, -0.15) is 0 Å². The van der Waals surface area contributed by atoms with Crippen molar-refractivity contribution in [3.63, 3.8) is 0 Å². The Morgan fingerprint density at radius 3 is 2.38 bits per heavy atom. The first-order valence-electron chi connectivity index (χ1n) is 9.92. The van der Waals surface area contributed by atoms with E-state index in [-0.39, 0.29) is 30.2 Å². The summed E-state index contributed by atoms with van der Waals surface area (Å²) in [7, 11) is 0. The van der Waals surface area contributed by atoms with Crippen molar-refractivity contribution in [3.05, 3.63) is 60.2 Å². The molecule has 2 rings (SSSR count). The highest BCUT2D eigenvalue weighted by Crippen LogP contribution is 2.37. The van der Waals surface area contributed by atoms with Crippen molar-refractivity contribution >= 4 is 35.5 Å². The first kappa shape index (κ1) is 25.1. The number of imide groups is 1. The molecule has 1 heterocycles. The molecule has 1 aromatic rings. The zero-order chi connectivity index (χ0) is 24.1. The molecule has 1 fully saturated rings. The zero-order valence-electron chi connectivity index (χ0n) is 18.4. The maximum absolute atomic E-state index is 13.6. The zero-order valence-corrected chi connectivity index (χ0v) is 19.2. The average Bonchev–Trinajstić information content (AvgIpc) is 2.71. The first-order chi connectivity index (χ1) is 14.9. The van der Waals surface area contributed by atoms with E-state index in [0.29, 0.717) is 0 Å². The van der Waals surface area contributed by atoms with Gasteiger partial charge >= 0.3 is 12.1 Å². The monoisotopic (exact) mass is 462 g/mol. The molecule has 172 valence electrons. The van der Waals surface area contributed by atoms with E-state index in [2.05, 4.69) is 13.2 Å². The van der Waals surface area contributed by atoms with Crippen LogP contribution in [0.1, 0.15) is 37.6 Å². The number of halogens is 1. The molecule has 0 spiro atoms. The molecule has 3 amide bonds. The first-order valence-corrected chi connectivity index (χ1v) is 10.3. The van der Waals surface area contributed by atoms with Gasteiger partial charge in [-0.25, -0.2) is 4.79 Å². The standard InChI is InChI=1S/C23H27ClN2O6/c1-6-12-31-20(29)23(13-16(2)24)14-25(21(30)32-22(3,4)5)15-26(19(23)28)18(27)17-10-8-7-9-11-17/h6-11H,1-2,12-15H2,3-5H3. The third-order valence-electron chi connectivity index (χ3n) is 4.56. The lowest BCUT2D eigenvalue weighted by molar-refractivity contribution is -0.169. The van der Waals surface area contributed by atoms with Crippen molar-refractivity contribution in [1.29, 1.82) is 0 Å². The number of hydrogen-bond donors (Lipinski definition) is 0. The van der Waals surface area contributed by atoms with Crippen LogP contribution in [0.4, 0.5) is 4.79 Å². The molecule has 0 bridgehead atoms. The normalized spacial score (nSPS) is 18.7. The Kier molecular flexibility index (Phi) is 7.85. The molecular weight excluding hydrogens is 436 g/mol. The highest BCUT2D eigenvalue weighted by atomic mass is 35.5. The Bertz CT molecular complexity index is 924. The lowest BCUT2D eigenvalue weighted by Crippen LogP contribution is -2.65. The molecule has 1 saturated heterocycles. The molecule has 1 aliphatic heterocycles. The van der Waals surface area contributed by atoms with Crippen LogP contribution < -0.4 is 0 Å². The van der Waals surface area contributed by atoms with Gasteiger partial charge < -0.3 is 9.47 Å². The summed E-state index contributed by atoms with van der Waals surface area (Å²) < 4.78 is 10.6. The molecule has 8 nitrogen and oxygen atoms in total. The van der Waals surface area contributed by atoms with Crippen LogP contribution in [0, 0.1) is 5.41 Å². The fourth-order valence-electron chi connectivity index (χ4n) is 3.23. The Labute approximate surface area is 192 Å². The lowest BCUT2D eigenvalue weighted by Gasteiger charge is -2.44. The third kappa shape index (κ3) is 5.76. The van der Waals surface area contributed by atoms with Crippen molar-refractivity contribution in [2.45, 2.75) is 32.8 Å². The van der Waals surface area contributed by atoms with Crippen LogP contribution >= 0.6 is 11.6 Å². The molecule has 0 saturated carbocycles. The molecule has 9 heteroatoms. The summed E-state index contributed by atoms with van der Waals surface area (Å²) in [6.45, 7) is 11.2. The SMILES string of the molecule is C=CCOC(=O)C1(CC(=C)Cl)CN(C(=O)OC(C)(C)C)CN(C(=O)c2ccccc2)C1=O. The second-order valence-electron chi connectivity index (χ2n) is 8.39. The predicted molar refractivity (Wildman–Crippen MR) is 119 cm³/mol. The van der Waals surface area contributed by atoms with E-state index in [1.807, 2.05) is 0 Å². The fourth-order valence-corrected chi connectivity index (χ4v) is 3.46. The van der Waals surface area contributed by atoms with E-state index in [4.69, 9.17) is 21.1 Å². The highest BCUT2D eigenvalue weighted by Gasteiger charge is 2.56. The van der Waals surface area contributed by atoms with E-state index in [9.17, 15) is 19.2 Å². The third-order valence-corrected chi connectivity index (χ3v) is 4.70. The Hall–Kier alpha value is -3.13. The maximum atomic E-state index is 13.6. The number of carbonyl (C=O) groups is 4. The number of hydrogen-bond acceptors (Lipinski definition) is 6. The number of carbonyl (C=O) groups excluding carboxylic acids is 4. The minimum atomic E-state index is -1.97. The number of ether oxygens (including phenoxy) is 2. The van der Waals surface area contributed by atoms with Crippen molar-refractivity contribution in [1.82, 2.24) is 9.80 Å². The van der Waals surface area contributed by atoms with Gasteiger partial charge in [0.2, 0.25) is 0 Å². The summed E-state index contributed by atoms with van der Waals surface area (Å²) in [5.74, 6) is -2.45. The molecular formula is C23H27ClN2O6. The van der Waals surface area contributed by atoms with Gasteiger partial charge in [0.05, 0.1) is 6.54 Å². The lowest BCUT2D eigenvalue weighted by atomic mass is 9.80. The Morgan fingerprint density at radius 1 is 1.22 bits per heavy atom. The average molecular weight is 463 g/mol. The van der Waals surface area contributed by atoms with Crippen LogP contribution in [-0.4, -0.2) is 59.1 Å². The topological polar surface area (TPSA) is 93.2 Å². The molecule has 0 radical (unpaired) electrons. The van der Waals surface area contributed by atoms with Crippen molar-refractivity contribution in [2.24, 2.45) is 5.41 Å². The molecule has 1 unspecified atom stereocenters. The molecule has 0 aromatic heterocycles. The number of nitrogens with zero attached hydrogens (tertiary/aromatic N) is 2. The van der Waals surface area contributed by atoms with Crippen LogP contribution in [0.3, 0.4) is 0 Å². The molecule has 1 aliphatic rings. The van der Waals surface area contributed by atoms with Gasteiger partial charge in [-0.05, 0) is 32.9 Å². The van der Waals surface area contributed by atoms with Gasteiger partial charge in [0.1, 0.15) is 18.9 Å². The summed E-state index contributed by atoms with van der Waals surface area (Å²) in [5.41, 5.74) is -2.60. The Morgan fingerprint density at radius 2 is 1.84 bits per heavy atom. The van der Waals surface area contributed by atoms with Crippen molar-refractivity contribution in [3.8, 4) is 0 Å². The maximum Gasteiger partial charge on any atom is 0.411 e. The second kappa shape index (κ2) is 9.99. The fraction of sp³-hybridized carbons (Fsp3) is 0.391. The van der Waals surface area contributed by atoms with E-state index >= 15 is 0 Å². The summed E-state index contributed by atoms with van der Waals surface area (Å²) in [6.07, 6.45) is 0.214. The summed E-state index contributed by atoms with van der Waals surface area (Å²) in [6, 6.07) is 8.05. The number of amides is 3. The highest BCUT2D eigenvalue weighted by molar-refractivity contribution is 6.30. The van der Waals surface area contributed by atoms with E-state index in [0.717, 1.165) is 9.80 Å². The molecule has 32 heavy (non-hydrogen) atoms. The predicted octanol–water partition coefficient (Wildman–Crippen LogP) is 3.72. The smallest absolute Gasteiger partial charge is 0.411 e. The van der Waals surface area contributed by atoms with Crippen LogP contribution in [0.15, 0.2) is 54.6 Å². The second-order valence-corrected chi connectivity index (χ2v) is 8.92. The Balaban J connectivity index is 2.56. The molecule has 1 atom stereocenters. The van der Waals surface area contributed by atoms with Gasteiger partial charge in [0.25, 0.3) is 11.8 Å². The van der Waals surface area contributed by atoms with Gasteiger partial charge in [0, 0.05) is 17.0 Å². The van der Waals surface area contributed by atoms with E-state index in [1.54, 1.807) is 39.0 Å². The molecule has 0 aliphatic carbocycles. The van der Waals surface area contributed by atoms with Crippen LogP contribution in [0.25, 0.3) is 0 Å². The van der Waals surface area contributed by atoms with Gasteiger partial charge in [0.15, 0.2) is 5.41 Å². The summed E-state index contributed by atoms with van der Waals surface area (Å²) >= 11 is 6.01. The van der Waals surface area contributed by atoms with Crippen LogP contribution in [-0.2, 0) is 19.1 Å². The van der Waals surface area contributed by atoms with E-state index < -0.39 is 41.6 Å². The largest absolute Gasteiger partial charge is 0.461 e. The van der Waals surface area contributed by atoms with E-state index in [1.165, 1.54) is 18.2 Å². The number of benzene rings is 1. The number of esters is 1. The van der Waals surface area contributed by atoms with Gasteiger partial charge in [-0.1, -0.05) is 49.0 Å². The quantitative estimate of drug-likeness (QED) is 0.277. The molecule has 0 N–H and O–H groups in total. The number of rotatable bonds is 6. The summed E-state index contributed by atoms with van der Waals surface area (Å²) in [5, 5.41) is -0.00736. The molecule has 1 aromatic carbocycles. The minimum absolute atomic E-state index is 0.00736. The minimum Gasteiger partial charge on any atom is -0.461 e. The van der Waals surface area contributed by atoms with Crippen molar-refractivity contribution < 1.29 is 28.7 Å². The number of allylic oxidation sites excluding steroid dienone is 1. The van der Waals surface area contributed by atoms with Gasteiger partial charge in [-0.15, -0.1) is 0 Å². The summed E-state index contributed by atoms with van der Waals surface area (Å²) in [4.78, 5) is 54.6.